The Hall–Kier alpha value is -2.43. The van der Waals surface area contributed by atoms with Gasteiger partial charge < -0.3 is 10.1 Å². The van der Waals surface area contributed by atoms with Gasteiger partial charge in [-0.15, -0.1) is 0 Å². The first-order chi connectivity index (χ1) is 8.56. The summed E-state index contributed by atoms with van der Waals surface area (Å²) in [4.78, 5) is 24.7. The number of hydrogen-bond donors (Lipinski definition) is 2. The number of rotatable bonds is 3. The summed E-state index contributed by atoms with van der Waals surface area (Å²) in [6, 6.07) is 6.95. The number of nitrogens with one attached hydrogen (secondary N) is 1. The number of aromatic amines is 1. The van der Waals surface area contributed by atoms with Crippen LogP contribution in [0.4, 0.5) is 4.39 Å². The van der Waals surface area contributed by atoms with Crippen molar-refractivity contribution in [3.63, 3.8) is 0 Å². The van der Waals surface area contributed by atoms with Crippen LogP contribution in [0.5, 0.6) is 0 Å². The summed E-state index contributed by atoms with van der Waals surface area (Å²) in [5.41, 5.74) is 1.02. The molecule has 0 spiro atoms. The van der Waals surface area contributed by atoms with Crippen molar-refractivity contribution >= 4 is 5.97 Å². The van der Waals surface area contributed by atoms with Gasteiger partial charge in [-0.1, -0.05) is 12.1 Å². The van der Waals surface area contributed by atoms with Crippen LogP contribution in [0, 0.1) is 5.82 Å². The number of carbonyl (C=O) groups is 1. The average molecular weight is 247 g/mol. The summed E-state index contributed by atoms with van der Waals surface area (Å²) in [7, 11) is 0. The number of carboxylic acids is 1. The van der Waals surface area contributed by atoms with Crippen molar-refractivity contribution in [1.82, 2.24) is 4.98 Å². The molecule has 2 rings (SSSR count). The standard InChI is InChI=1S/C13H10FNO3/c14-10-3-1-9(2-4-10)11-5-8(6-12(16)17)7-15-13(11)18/h1-5,7H,6H2,(H,15,18)(H,16,17). The molecule has 92 valence electrons. The van der Waals surface area contributed by atoms with E-state index in [1.54, 1.807) is 0 Å². The Bertz CT molecular complexity index is 631. The first-order valence-corrected chi connectivity index (χ1v) is 5.25. The maximum Gasteiger partial charge on any atom is 0.307 e. The second kappa shape index (κ2) is 4.83. The van der Waals surface area contributed by atoms with Gasteiger partial charge >= 0.3 is 5.97 Å². The Balaban J connectivity index is 2.46. The van der Waals surface area contributed by atoms with E-state index < -0.39 is 11.8 Å². The molecule has 18 heavy (non-hydrogen) atoms. The lowest BCUT2D eigenvalue weighted by molar-refractivity contribution is -0.136. The summed E-state index contributed by atoms with van der Waals surface area (Å²) >= 11 is 0. The van der Waals surface area contributed by atoms with Gasteiger partial charge in [0, 0.05) is 11.8 Å². The van der Waals surface area contributed by atoms with Crippen LogP contribution in [0.2, 0.25) is 0 Å². The molecule has 1 aromatic carbocycles. The van der Waals surface area contributed by atoms with Crippen LogP contribution in [0.3, 0.4) is 0 Å². The highest BCUT2D eigenvalue weighted by Gasteiger charge is 2.07. The fourth-order valence-corrected chi connectivity index (χ4v) is 1.65. The molecule has 0 aliphatic rings. The first kappa shape index (κ1) is 12.0. The van der Waals surface area contributed by atoms with Gasteiger partial charge in [-0.25, -0.2) is 4.39 Å². The van der Waals surface area contributed by atoms with Crippen LogP contribution < -0.4 is 5.56 Å². The van der Waals surface area contributed by atoms with Crippen molar-refractivity contribution in [2.75, 3.05) is 0 Å². The molecule has 0 amide bonds. The molecular weight excluding hydrogens is 237 g/mol. The lowest BCUT2D eigenvalue weighted by Gasteiger charge is -2.03. The first-order valence-electron chi connectivity index (χ1n) is 5.25. The number of H-pyrrole nitrogens is 1. The summed E-state index contributed by atoms with van der Waals surface area (Å²) in [6.45, 7) is 0. The lowest BCUT2D eigenvalue weighted by Crippen LogP contribution is -2.11. The molecule has 0 atom stereocenters. The van der Waals surface area contributed by atoms with Crippen LogP contribution in [0.25, 0.3) is 11.1 Å². The number of hydrogen-bond acceptors (Lipinski definition) is 2. The number of carboxylic acid groups (broad SMARTS) is 1. The van der Waals surface area contributed by atoms with Gasteiger partial charge in [-0.05, 0) is 29.3 Å². The highest BCUT2D eigenvalue weighted by molar-refractivity contribution is 5.71. The zero-order chi connectivity index (χ0) is 13.1. The lowest BCUT2D eigenvalue weighted by atomic mass is 10.0. The van der Waals surface area contributed by atoms with Gasteiger partial charge in [0.1, 0.15) is 5.82 Å². The minimum atomic E-state index is -0.980. The number of aliphatic carboxylic acids is 1. The summed E-state index contributed by atoms with van der Waals surface area (Å²) in [5, 5.41) is 8.69. The van der Waals surface area contributed by atoms with Gasteiger partial charge in [0.05, 0.1) is 6.42 Å². The van der Waals surface area contributed by atoms with Gasteiger partial charge in [0.15, 0.2) is 0 Å². The highest BCUT2D eigenvalue weighted by atomic mass is 19.1. The highest BCUT2D eigenvalue weighted by Crippen LogP contribution is 2.16. The van der Waals surface area contributed by atoms with Gasteiger partial charge in [0.2, 0.25) is 0 Å². The molecule has 4 nitrogen and oxygen atoms in total. The van der Waals surface area contributed by atoms with Gasteiger partial charge in [0.25, 0.3) is 5.56 Å². The van der Waals surface area contributed by atoms with E-state index >= 15 is 0 Å². The molecule has 5 heteroatoms. The van der Waals surface area contributed by atoms with Crippen molar-refractivity contribution in [3.05, 3.63) is 58.3 Å². The SMILES string of the molecule is O=C(O)Cc1c[nH]c(=O)c(-c2ccc(F)cc2)c1. The quantitative estimate of drug-likeness (QED) is 0.868. The van der Waals surface area contributed by atoms with E-state index in [4.69, 9.17) is 5.11 Å². The Morgan fingerprint density at radius 3 is 2.56 bits per heavy atom. The zero-order valence-corrected chi connectivity index (χ0v) is 9.31. The van der Waals surface area contributed by atoms with E-state index in [9.17, 15) is 14.0 Å². The molecule has 0 saturated heterocycles. The maximum atomic E-state index is 12.8. The molecule has 0 bridgehead atoms. The number of aromatic nitrogens is 1. The van der Waals surface area contributed by atoms with Crippen molar-refractivity contribution in [2.45, 2.75) is 6.42 Å². The van der Waals surface area contributed by atoms with Crippen LogP contribution >= 0.6 is 0 Å². The molecule has 1 heterocycles. The number of pyridine rings is 1. The van der Waals surface area contributed by atoms with Gasteiger partial charge in [-0.3, -0.25) is 9.59 Å². The maximum absolute atomic E-state index is 12.8. The third-order valence-corrected chi connectivity index (χ3v) is 2.47. The molecule has 0 aliphatic carbocycles. The molecule has 0 unspecified atom stereocenters. The molecule has 0 saturated carbocycles. The van der Waals surface area contributed by atoms with Crippen LogP contribution in [0.1, 0.15) is 5.56 Å². The van der Waals surface area contributed by atoms with Crippen molar-refractivity contribution in [3.8, 4) is 11.1 Å². The molecule has 2 N–H and O–H groups in total. The molecule has 0 radical (unpaired) electrons. The Labute approximate surface area is 102 Å². The smallest absolute Gasteiger partial charge is 0.307 e. The average Bonchev–Trinajstić information content (AvgIpc) is 2.32. The number of halogens is 1. The molecule has 1 aromatic heterocycles. The van der Waals surface area contributed by atoms with Gasteiger partial charge in [-0.2, -0.15) is 0 Å². The molecule has 0 aliphatic heterocycles. The van der Waals surface area contributed by atoms with Crippen LogP contribution in [-0.4, -0.2) is 16.1 Å². The van der Waals surface area contributed by atoms with Crippen molar-refractivity contribution in [2.24, 2.45) is 0 Å². The Kier molecular flexibility index (Phi) is 3.23. The van der Waals surface area contributed by atoms with Crippen LogP contribution in [-0.2, 0) is 11.2 Å². The normalized spacial score (nSPS) is 10.3. The fourth-order valence-electron chi connectivity index (χ4n) is 1.65. The second-order valence-corrected chi connectivity index (χ2v) is 3.83. The van der Waals surface area contributed by atoms with Crippen LogP contribution in [0.15, 0.2) is 41.3 Å². The second-order valence-electron chi connectivity index (χ2n) is 3.83. The van der Waals surface area contributed by atoms with Crippen molar-refractivity contribution < 1.29 is 14.3 Å². The minimum Gasteiger partial charge on any atom is -0.481 e. The molecule has 2 aromatic rings. The van der Waals surface area contributed by atoms with E-state index in [0.717, 1.165) is 0 Å². The van der Waals surface area contributed by atoms with E-state index in [1.165, 1.54) is 36.5 Å². The van der Waals surface area contributed by atoms with E-state index in [-0.39, 0.29) is 12.0 Å². The Morgan fingerprint density at radius 2 is 1.94 bits per heavy atom. The fraction of sp³-hybridized carbons (Fsp3) is 0.0769. The third kappa shape index (κ3) is 2.63. The zero-order valence-electron chi connectivity index (χ0n) is 9.31. The van der Waals surface area contributed by atoms with E-state index in [0.29, 0.717) is 16.7 Å². The molecule has 0 fully saturated rings. The summed E-state index contributed by atoms with van der Waals surface area (Å²) < 4.78 is 12.8. The predicted molar refractivity (Wildman–Crippen MR) is 63.8 cm³/mol. The van der Waals surface area contributed by atoms with Crippen molar-refractivity contribution in [1.29, 1.82) is 0 Å². The topological polar surface area (TPSA) is 70.2 Å². The minimum absolute atomic E-state index is 0.176. The third-order valence-electron chi connectivity index (χ3n) is 2.47. The molecular formula is C13H10FNO3. The Morgan fingerprint density at radius 1 is 1.28 bits per heavy atom. The number of benzene rings is 1. The summed E-state index contributed by atoms with van der Waals surface area (Å²) in [5.74, 6) is -1.37. The largest absolute Gasteiger partial charge is 0.481 e. The van der Waals surface area contributed by atoms with E-state index in [1.807, 2.05) is 0 Å². The monoisotopic (exact) mass is 247 g/mol. The van der Waals surface area contributed by atoms with E-state index in [2.05, 4.69) is 4.98 Å². The predicted octanol–water partition coefficient (Wildman–Crippen LogP) is 1.81. The summed E-state index contributed by atoms with van der Waals surface area (Å²) in [6.07, 6.45) is 1.19.